The van der Waals surface area contributed by atoms with E-state index in [0.29, 0.717) is 24.2 Å². The van der Waals surface area contributed by atoms with Crippen molar-refractivity contribution in [3.8, 4) is 0 Å². The molecular formula is C26H26F3N7O2. The molecule has 0 spiro atoms. The summed E-state index contributed by atoms with van der Waals surface area (Å²) in [5.74, 6) is -0.537. The maximum absolute atomic E-state index is 12.9. The molecule has 38 heavy (non-hydrogen) atoms. The third-order valence-electron chi connectivity index (χ3n) is 6.49. The van der Waals surface area contributed by atoms with Crippen molar-refractivity contribution in [2.45, 2.75) is 25.7 Å². The van der Waals surface area contributed by atoms with Crippen molar-refractivity contribution in [2.75, 3.05) is 26.2 Å². The molecule has 0 bridgehead atoms. The Bertz CT molecular complexity index is 1470. The number of rotatable bonds is 7. The molecule has 0 radical (unpaired) electrons. The second-order valence-corrected chi connectivity index (χ2v) is 9.40. The second kappa shape index (κ2) is 10.4. The Morgan fingerprint density at radius 1 is 1.00 bits per heavy atom. The van der Waals surface area contributed by atoms with E-state index in [9.17, 15) is 22.8 Å². The third-order valence-corrected chi connectivity index (χ3v) is 6.49. The van der Waals surface area contributed by atoms with Crippen molar-refractivity contribution < 1.29 is 22.8 Å². The van der Waals surface area contributed by atoms with Crippen LogP contribution in [0.5, 0.6) is 0 Å². The van der Waals surface area contributed by atoms with Gasteiger partial charge in [-0.05, 0) is 29.8 Å². The van der Waals surface area contributed by atoms with Crippen LogP contribution in [0.25, 0.3) is 10.9 Å². The normalized spacial score (nSPS) is 14.8. The maximum Gasteiger partial charge on any atom is 0.433 e. The highest BCUT2D eigenvalue weighted by Crippen LogP contribution is 2.27. The van der Waals surface area contributed by atoms with Gasteiger partial charge in [0.1, 0.15) is 17.9 Å². The van der Waals surface area contributed by atoms with Gasteiger partial charge in [0.25, 0.3) is 0 Å². The summed E-state index contributed by atoms with van der Waals surface area (Å²) in [6.07, 6.45) is 0.863. The Hall–Kier alpha value is -4.06. The molecule has 5 rings (SSSR count). The SMILES string of the molecule is Cn1cc(CN2CCN(C(=O)Cn3cc4cc(CC(=O)c5cccc(C(F)(F)F)n5)ccc4n3)CC2)cn1. The summed E-state index contributed by atoms with van der Waals surface area (Å²) in [5, 5.41) is 9.40. The minimum absolute atomic E-state index is 0.0233. The van der Waals surface area contributed by atoms with Crippen molar-refractivity contribution in [1.82, 2.24) is 34.3 Å². The van der Waals surface area contributed by atoms with E-state index in [0.717, 1.165) is 36.7 Å². The van der Waals surface area contributed by atoms with Crippen LogP contribution in [0.1, 0.15) is 27.3 Å². The molecule has 4 heterocycles. The lowest BCUT2D eigenvalue weighted by Crippen LogP contribution is -2.49. The number of ketones is 1. The summed E-state index contributed by atoms with van der Waals surface area (Å²) in [6.45, 7) is 3.72. The molecule has 9 nitrogen and oxygen atoms in total. The number of benzene rings is 1. The zero-order chi connectivity index (χ0) is 26.9. The van der Waals surface area contributed by atoms with Crippen LogP contribution in [0.15, 0.2) is 55.0 Å². The van der Waals surface area contributed by atoms with Crippen molar-refractivity contribution in [1.29, 1.82) is 0 Å². The monoisotopic (exact) mass is 525 g/mol. The van der Waals surface area contributed by atoms with Gasteiger partial charge in [-0.25, -0.2) is 4.98 Å². The fourth-order valence-electron chi connectivity index (χ4n) is 4.55. The summed E-state index contributed by atoms with van der Waals surface area (Å²) in [5.41, 5.74) is 1.09. The smallest absolute Gasteiger partial charge is 0.339 e. The van der Waals surface area contributed by atoms with Crippen LogP contribution in [0.2, 0.25) is 0 Å². The molecule has 1 aromatic carbocycles. The number of aryl methyl sites for hydroxylation is 1. The van der Waals surface area contributed by atoms with Gasteiger partial charge in [-0.2, -0.15) is 23.4 Å². The molecule has 0 unspecified atom stereocenters. The average Bonchev–Trinajstić information content (AvgIpc) is 3.48. The largest absolute Gasteiger partial charge is 0.433 e. The lowest BCUT2D eigenvalue weighted by atomic mass is 10.0. The number of piperazine rings is 1. The Kier molecular flexibility index (Phi) is 6.98. The number of Topliss-reactive ketones (excluding diaryl/α,β-unsaturated/α-hetero) is 1. The van der Waals surface area contributed by atoms with Gasteiger partial charge in [-0.15, -0.1) is 0 Å². The minimum Gasteiger partial charge on any atom is -0.339 e. The Labute approximate surface area is 216 Å². The van der Waals surface area contributed by atoms with E-state index in [4.69, 9.17) is 0 Å². The highest BCUT2D eigenvalue weighted by molar-refractivity contribution is 5.96. The highest BCUT2D eigenvalue weighted by atomic mass is 19.4. The van der Waals surface area contributed by atoms with Gasteiger partial charge >= 0.3 is 6.18 Å². The maximum atomic E-state index is 12.9. The van der Waals surface area contributed by atoms with Crippen LogP contribution in [0, 0.1) is 0 Å². The molecule has 0 aliphatic carbocycles. The Balaban J connectivity index is 1.18. The molecular weight excluding hydrogens is 499 g/mol. The van der Waals surface area contributed by atoms with E-state index in [2.05, 4.69) is 20.1 Å². The number of hydrogen-bond acceptors (Lipinski definition) is 6. The van der Waals surface area contributed by atoms with Crippen LogP contribution >= 0.6 is 0 Å². The van der Waals surface area contributed by atoms with Crippen LogP contribution in [-0.4, -0.2) is 72.2 Å². The molecule has 0 saturated carbocycles. The predicted molar refractivity (Wildman–Crippen MR) is 132 cm³/mol. The summed E-state index contributed by atoms with van der Waals surface area (Å²) in [6, 6.07) is 8.48. The van der Waals surface area contributed by atoms with E-state index in [-0.39, 0.29) is 24.6 Å². The number of nitrogens with zero attached hydrogens (tertiary/aromatic N) is 7. The summed E-state index contributed by atoms with van der Waals surface area (Å²) in [7, 11) is 1.89. The third kappa shape index (κ3) is 5.91. The van der Waals surface area contributed by atoms with E-state index in [1.165, 1.54) is 12.1 Å². The van der Waals surface area contributed by atoms with Gasteiger partial charge in [0.2, 0.25) is 5.91 Å². The van der Waals surface area contributed by atoms with Gasteiger partial charge in [0.05, 0.1) is 11.7 Å². The van der Waals surface area contributed by atoms with E-state index in [1.54, 1.807) is 33.8 Å². The minimum atomic E-state index is -4.62. The number of alkyl halides is 3. The molecule has 198 valence electrons. The molecule has 0 N–H and O–H groups in total. The van der Waals surface area contributed by atoms with Gasteiger partial charge in [-0.3, -0.25) is 23.9 Å². The standard InChI is InChI=1S/C26H26F3N7O2/c1-33-14-19(13-30-33)15-34-7-9-35(10-8-34)25(38)17-36-16-20-11-18(5-6-21(20)32-36)12-23(37)22-3-2-4-24(31-22)26(27,28)29/h2-6,11,13-14,16H,7-10,12,15,17H2,1H3. The van der Waals surface area contributed by atoms with Crippen LogP contribution in [0.3, 0.4) is 0 Å². The number of carbonyl (C=O) groups is 2. The number of hydrogen-bond donors (Lipinski definition) is 0. The van der Waals surface area contributed by atoms with Crippen LogP contribution in [0.4, 0.5) is 13.2 Å². The zero-order valence-corrected chi connectivity index (χ0v) is 20.7. The van der Waals surface area contributed by atoms with E-state index in [1.807, 2.05) is 24.3 Å². The number of halogens is 3. The van der Waals surface area contributed by atoms with Crippen molar-refractivity contribution in [2.24, 2.45) is 7.05 Å². The lowest BCUT2D eigenvalue weighted by molar-refractivity contribution is -0.141. The molecule has 1 aliphatic heterocycles. The van der Waals surface area contributed by atoms with Gasteiger partial charge in [0, 0.05) is 69.5 Å². The van der Waals surface area contributed by atoms with Gasteiger partial charge in [0.15, 0.2) is 5.78 Å². The van der Waals surface area contributed by atoms with Crippen molar-refractivity contribution >= 4 is 22.6 Å². The second-order valence-electron chi connectivity index (χ2n) is 9.40. The first kappa shape index (κ1) is 25.6. The van der Waals surface area contributed by atoms with E-state index < -0.39 is 17.7 Å². The molecule has 12 heteroatoms. The number of pyridine rings is 1. The van der Waals surface area contributed by atoms with Gasteiger partial charge < -0.3 is 4.90 Å². The number of amides is 1. The first-order valence-corrected chi connectivity index (χ1v) is 12.2. The fraction of sp³-hybridized carbons (Fsp3) is 0.346. The summed E-state index contributed by atoms with van der Waals surface area (Å²) in [4.78, 5) is 33.0. The molecule has 0 atom stereocenters. The highest BCUT2D eigenvalue weighted by Gasteiger charge is 2.33. The average molecular weight is 526 g/mol. The van der Waals surface area contributed by atoms with Crippen molar-refractivity contribution in [3.05, 3.63) is 77.5 Å². The summed E-state index contributed by atoms with van der Waals surface area (Å²) < 4.78 is 42.1. The van der Waals surface area contributed by atoms with Crippen LogP contribution in [-0.2, 0) is 37.5 Å². The number of carbonyl (C=O) groups excluding carboxylic acids is 2. The summed E-state index contributed by atoms with van der Waals surface area (Å²) >= 11 is 0. The lowest BCUT2D eigenvalue weighted by Gasteiger charge is -2.34. The molecule has 1 fully saturated rings. The molecule has 1 amide bonds. The quantitative estimate of drug-likeness (QED) is 0.345. The predicted octanol–water partition coefficient (Wildman–Crippen LogP) is 2.95. The van der Waals surface area contributed by atoms with E-state index >= 15 is 0 Å². The Morgan fingerprint density at radius 3 is 2.50 bits per heavy atom. The first-order chi connectivity index (χ1) is 18.1. The zero-order valence-electron chi connectivity index (χ0n) is 20.7. The van der Waals surface area contributed by atoms with Crippen LogP contribution < -0.4 is 0 Å². The van der Waals surface area contributed by atoms with Gasteiger partial charge in [-0.1, -0.05) is 12.1 Å². The van der Waals surface area contributed by atoms with Crippen molar-refractivity contribution in [3.63, 3.8) is 0 Å². The molecule has 1 saturated heterocycles. The fourth-order valence-corrected chi connectivity index (χ4v) is 4.55. The Morgan fingerprint density at radius 2 is 1.79 bits per heavy atom. The molecule has 4 aromatic rings. The molecule has 3 aromatic heterocycles. The topological polar surface area (TPSA) is 89.1 Å². The molecule has 1 aliphatic rings. The number of aromatic nitrogens is 5. The first-order valence-electron chi connectivity index (χ1n) is 12.2. The number of fused-ring (bicyclic) bond motifs is 1.